The van der Waals surface area contributed by atoms with E-state index in [1.807, 2.05) is 18.2 Å². The van der Waals surface area contributed by atoms with Gasteiger partial charge in [-0.05, 0) is 18.1 Å². The lowest BCUT2D eigenvalue weighted by atomic mass is 10.1. The van der Waals surface area contributed by atoms with E-state index in [1.54, 1.807) is 4.68 Å². The summed E-state index contributed by atoms with van der Waals surface area (Å²) in [6.45, 7) is 5.26. The highest BCUT2D eigenvalue weighted by atomic mass is 16.6. The van der Waals surface area contributed by atoms with E-state index < -0.39 is 0 Å². The summed E-state index contributed by atoms with van der Waals surface area (Å²) < 4.78 is 12.8. The second kappa shape index (κ2) is 4.46. The van der Waals surface area contributed by atoms with Crippen molar-refractivity contribution < 1.29 is 9.47 Å². The molecule has 3 rings (SSSR count). The molecule has 0 saturated carbocycles. The summed E-state index contributed by atoms with van der Waals surface area (Å²) in [6.07, 6.45) is 0. The summed E-state index contributed by atoms with van der Waals surface area (Å²) in [5.74, 6) is 2.19. The van der Waals surface area contributed by atoms with Crippen molar-refractivity contribution in [2.24, 2.45) is 0 Å². The predicted molar refractivity (Wildman–Crippen MR) is 70.9 cm³/mol. The van der Waals surface area contributed by atoms with Crippen LogP contribution in [0, 0.1) is 0 Å². The Balaban J connectivity index is 2.07. The Kier molecular flexibility index (Phi) is 2.77. The quantitative estimate of drug-likeness (QED) is 0.890. The van der Waals surface area contributed by atoms with E-state index in [-0.39, 0.29) is 5.92 Å². The van der Waals surface area contributed by atoms with Gasteiger partial charge in [0.25, 0.3) is 0 Å². The van der Waals surface area contributed by atoms with Gasteiger partial charge in [0.05, 0.1) is 11.4 Å². The van der Waals surface area contributed by atoms with E-state index in [0.717, 1.165) is 22.9 Å². The molecular weight excluding hydrogens is 244 g/mol. The third-order valence-electron chi connectivity index (χ3n) is 3.05. The lowest BCUT2D eigenvalue weighted by Crippen LogP contribution is -2.15. The van der Waals surface area contributed by atoms with Gasteiger partial charge in [-0.25, -0.2) is 4.68 Å². The normalized spacial score (nSPS) is 13.8. The molecule has 1 aliphatic rings. The van der Waals surface area contributed by atoms with Gasteiger partial charge in [0.1, 0.15) is 13.2 Å². The first-order valence-corrected chi connectivity index (χ1v) is 6.28. The summed E-state index contributed by atoms with van der Waals surface area (Å²) in [5, 5.41) is 8.05. The SMILES string of the molecule is CC(C)c1c(N)nnn1-c1ccc2c(c1)OCCO2. The van der Waals surface area contributed by atoms with Crippen LogP contribution in [0.15, 0.2) is 18.2 Å². The maximum atomic E-state index is 5.87. The van der Waals surface area contributed by atoms with Crippen LogP contribution in [0.25, 0.3) is 5.69 Å². The number of nitrogens with two attached hydrogens (primary N) is 1. The topological polar surface area (TPSA) is 75.2 Å². The van der Waals surface area contributed by atoms with Crippen LogP contribution in [0.2, 0.25) is 0 Å². The number of ether oxygens (including phenoxy) is 2. The Hall–Kier alpha value is -2.24. The van der Waals surface area contributed by atoms with Gasteiger partial charge in [-0.2, -0.15) is 0 Å². The fourth-order valence-corrected chi connectivity index (χ4v) is 2.20. The second-order valence-corrected chi connectivity index (χ2v) is 4.75. The number of anilines is 1. The monoisotopic (exact) mass is 260 g/mol. The molecule has 0 aliphatic carbocycles. The van der Waals surface area contributed by atoms with Crippen LogP contribution in [0.1, 0.15) is 25.5 Å². The summed E-state index contributed by atoms with van der Waals surface area (Å²) in [5.41, 5.74) is 7.64. The number of nitrogen functional groups attached to an aromatic ring is 1. The van der Waals surface area contributed by atoms with Crippen molar-refractivity contribution in [3.8, 4) is 17.2 Å². The fourth-order valence-electron chi connectivity index (χ4n) is 2.20. The molecule has 0 amide bonds. The summed E-state index contributed by atoms with van der Waals surface area (Å²) in [6, 6.07) is 5.70. The molecule has 100 valence electrons. The van der Waals surface area contributed by atoms with Gasteiger partial charge in [-0.15, -0.1) is 5.10 Å². The van der Waals surface area contributed by atoms with E-state index in [2.05, 4.69) is 24.2 Å². The van der Waals surface area contributed by atoms with E-state index >= 15 is 0 Å². The number of hydrogen-bond acceptors (Lipinski definition) is 5. The van der Waals surface area contributed by atoms with Gasteiger partial charge in [-0.3, -0.25) is 0 Å². The summed E-state index contributed by atoms with van der Waals surface area (Å²) in [7, 11) is 0. The van der Waals surface area contributed by atoms with Crippen molar-refractivity contribution >= 4 is 5.82 Å². The van der Waals surface area contributed by atoms with Crippen LogP contribution in [0.5, 0.6) is 11.5 Å². The maximum Gasteiger partial charge on any atom is 0.169 e. The Morgan fingerprint density at radius 1 is 1.21 bits per heavy atom. The number of rotatable bonds is 2. The lowest BCUT2D eigenvalue weighted by Gasteiger charge is -2.19. The van der Waals surface area contributed by atoms with Gasteiger partial charge in [0.15, 0.2) is 17.3 Å². The molecule has 1 aromatic heterocycles. The predicted octanol–water partition coefficient (Wildman–Crippen LogP) is 1.74. The third-order valence-corrected chi connectivity index (χ3v) is 3.05. The molecule has 6 heteroatoms. The molecule has 0 saturated heterocycles. The minimum absolute atomic E-state index is 0.239. The molecule has 2 N–H and O–H groups in total. The van der Waals surface area contributed by atoms with Crippen LogP contribution in [-0.2, 0) is 0 Å². The van der Waals surface area contributed by atoms with Gasteiger partial charge < -0.3 is 15.2 Å². The number of nitrogens with zero attached hydrogens (tertiary/aromatic N) is 3. The Bertz CT molecular complexity index is 607. The van der Waals surface area contributed by atoms with Crippen molar-refractivity contribution in [1.82, 2.24) is 15.0 Å². The molecule has 1 aliphatic heterocycles. The van der Waals surface area contributed by atoms with Crippen LogP contribution in [0.3, 0.4) is 0 Å². The molecule has 0 unspecified atom stereocenters. The zero-order chi connectivity index (χ0) is 13.4. The Labute approximate surface area is 111 Å². The van der Waals surface area contributed by atoms with Gasteiger partial charge in [0, 0.05) is 6.07 Å². The molecule has 2 aromatic rings. The smallest absolute Gasteiger partial charge is 0.169 e. The Morgan fingerprint density at radius 3 is 2.68 bits per heavy atom. The molecule has 0 bridgehead atoms. The molecular formula is C13H16N4O2. The summed E-state index contributed by atoms with van der Waals surface area (Å²) in [4.78, 5) is 0. The third kappa shape index (κ3) is 1.99. The van der Waals surface area contributed by atoms with Gasteiger partial charge in [0.2, 0.25) is 0 Å². The molecule has 1 aromatic carbocycles. The summed E-state index contributed by atoms with van der Waals surface area (Å²) >= 11 is 0. The van der Waals surface area contributed by atoms with Crippen LogP contribution in [0.4, 0.5) is 5.82 Å². The highest BCUT2D eigenvalue weighted by molar-refractivity contribution is 5.51. The van der Waals surface area contributed by atoms with Crippen LogP contribution in [-0.4, -0.2) is 28.2 Å². The second-order valence-electron chi connectivity index (χ2n) is 4.75. The molecule has 0 radical (unpaired) electrons. The molecule has 19 heavy (non-hydrogen) atoms. The first-order chi connectivity index (χ1) is 9.16. The van der Waals surface area contributed by atoms with E-state index in [1.165, 1.54) is 0 Å². The maximum absolute atomic E-state index is 5.87. The first kappa shape index (κ1) is 11.8. The minimum Gasteiger partial charge on any atom is -0.486 e. The zero-order valence-electron chi connectivity index (χ0n) is 11.0. The van der Waals surface area contributed by atoms with E-state index in [4.69, 9.17) is 15.2 Å². The standard InChI is InChI=1S/C13H16N4O2/c1-8(2)12-13(14)15-16-17(12)9-3-4-10-11(7-9)19-6-5-18-10/h3-4,7-8H,5-6,14H2,1-2H3. The molecule has 6 nitrogen and oxygen atoms in total. The molecule has 0 fully saturated rings. The molecule has 2 heterocycles. The van der Waals surface area contributed by atoms with E-state index in [0.29, 0.717) is 19.0 Å². The van der Waals surface area contributed by atoms with Crippen molar-refractivity contribution in [2.75, 3.05) is 18.9 Å². The van der Waals surface area contributed by atoms with Crippen molar-refractivity contribution in [1.29, 1.82) is 0 Å². The highest BCUT2D eigenvalue weighted by Gasteiger charge is 2.18. The Morgan fingerprint density at radius 2 is 1.95 bits per heavy atom. The van der Waals surface area contributed by atoms with Crippen LogP contribution < -0.4 is 15.2 Å². The van der Waals surface area contributed by atoms with Gasteiger partial charge in [-0.1, -0.05) is 19.1 Å². The lowest BCUT2D eigenvalue weighted by molar-refractivity contribution is 0.171. The average Bonchev–Trinajstić information content (AvgIpc) is 2.80. The fraction of sp³-hybridized carbons (Fsp3) is 0.385. The van der Waals surface area contributed by atoms with Crippen molar-refractivity contribution in [3.63, 3.8) is 0 Å². The van der Waals surface area contributed by atoms with E-state index in [9.17, 15) is 0 Å². The number of benzene rings is 1. The highest BCUT2D eigenvalue weighted by Crippen LogP contribution is 2.33. The van der Waals surface area contributed by atoms with Crippen molar-refractivity contribution in [3.05, 3.63) is 23.9 Å². The minimum atomic E-state index is 0.239. The first-order valence-electron chi connectivity index (χ1n) is 6.28. The molecule has 0 atom stereocenters. The van der Waals surface area contributed by atoms with Crippen LogP contribution >= 0.6 is 0 Å². The number of fused-ring (bicyclic) bond motifs is 1. The average molecular weight is 260 g/mol. The molecule has 0 spiro atoms. The van der Waals surface area contributed by atoms with Crippen molar-refractivity contribution in [2.45, 2.75) is 19.8 Å². The van der Waals surface area contributed by atoms with Gasteiger partial charge >= 0.3 is 0 Å². The largest absolute Gasteiger partial charge is 0.486 e. The zero-order valence-corrected chi connectivity index (χ0v) is 11.0. The number of hydrogen-bond donors (Lipinski definition) is 1. The number of aromatic nitrogens is 3.